The van der Waals surface area contributed by atoms with Crippen molar-refractivity contribution in [1.82, 2.24) is 5.16 Å². The van der Waals surface area contributed by atoms with Crippen LogP contribution in [0.2, 0.25) is 6.82 Å². The number of aryl methyl sites for hydroxylation is 1. The fraction of sp³-hybridized carbons (Fsp3) is 0.231. The SMILES string of the molecule is C[B]c1ccc(-c2onc(C)c2CC#N)cc1. The summed E-state index contributed by atoms with van der Waals surface area (Å²) in [5.74, 6) is 0.701. The van der Waals surface area contributed by atoms with Gasteiger partial charge < -0.3 is 4.52 Å². The molecule has 17 heavy (non-hydrogen) atoms. The van der Waals surface area contributed by atoms with Crippen molar-refractivity contribution in [2.75, 3.05) is 0 Å². The average molecular weight is 223 g/mol. The Labute approximate surface area is 101 Å². The van der Waals surface area contributed by atoms with Crippen molar-refractivity contribution in [1.29, 1.82) is 5.26 Å². The first-order valence-electron chi connectivity index (χ1n) is 5.48. The van der Waals surface area contributed by atoms with E-state index in [1.807, 2.05) is 45.3 Å². The first-order valence-corrected chi connectivity index (χ1v) is 5.48. The molecule has 1 radical (unpaired) electrons. The van der Waals surface area contributed by atoms with E-state index < -0.39 is 0 Å². The zero-order chi connectivity index (χ0) is 12.3. The number of benzene rings is 1. The molecule has 0 atom stereocenters. The molecule has 1 aromatic carbocycles. The van der Waals surface area contributed by atoms with Gasteiger partial charge in [0.05, 0.1) is 18.2 Å². The largest absolute Gasteiger partial charge is 0.356 e. The minimum Gasteiger partial charge on any atom is -0.356 e. The molecule has 1 aromatic heterocycles. The van der Waals surface area contributed by atoms with Gasteiger partial charge in [-0.2, -0.15) is 5.26 Å². The third-order valence-corrected chi connectivity index (χ3v) is 2.75. The summed E-state index contributed by atoms with van der Waals surface area (Å²) < 4.78 is 5.30. The van der Waals surface area contributed by atoms with Crippen LogP contribution in [-0.2, 0) is 6.42 Å². The summed E-state index contributed by atoms with van der Waals surface area (Å²) in [6.45, 7) is 3.85. The van der Waals surface area contributed by atoms with Gasteiger partial charge in [-0.05, 0) is 6.92 Å². The molecule has 4 heteroatoms. The zero-order valence-electron chi connectivity index (χ0n) is 9.90. The lowest BCUT2D eigenvalue weighted by Gasteiger charge is -2.00. The molecule has 0 amide bonds. The van der Waals surface area contributed by atoms with Crippen molar-refractivity contribution < 1.29 is 4.52 Å². The van der Waals surface area contributed by atoms with Crippen molar-refractivity contribution in [3.8, 4) is 17.4 Å². The summed E-state index contributed by atoms with van der Waals surface area (Å²) in [7, 11) is 2.03. The van der Waals surface area contributed by atoms with E-state index in [1.165, 1.54) is 0 Å². The van der Waals surface area contributed by atoms with Gasteiger partial charge in [0.15, 0.2) is 5.76 Å². The van der Waals surface area contributed by atoms with Crippen molar-refractivity contribution in [3.05, 3.63) is 35.5 Å². The molecule has 2 rings (SSSR count). The minimum atomic E-state index is 0.326. The second kappa shape index (κ2) is 4.88. The number of hydrogen-bond acceptors (Lipinski definition) is 3. The summed E-state index contributed by atoms with van der Waals surface area (Å²) in [4.78, 5) is 0. The lowest BCUT2D eigenvalue weighted by Crippen LogP contribution is -2.08. The summed E-state index contributed by atoms with van der Waals surface area (Å²) in [5, 5.41) is 12.7. The highest BCUT2D eigenvalue weighted by Crippen LogP contribution is 2.25. The predicted octanol–water partition coefficient (Wildman–Crippen LogP) is 2.09. The molecule has 0 aliphatic rings. The van der Waals surface area contributed by atoms with Crippen LogP contribution in [0.4, 0.5) is 0 Å². The third-order valence-electron chi connectivity index (χ3n) is 2.75. The Bertz CT molecular complexity index is 552. The number of hydrogen-bond donors (Lipinski definition) is 0. The van der Waals surface area contributed by atoms with Crippen molar-refractivity contribution in [2.45, 2.75) is 20.2 Å². The van der Waals surface area contributed by atoms with Crippen molar-refractivity contribution >= 4 is 12.7 Å². The molecule has 0 unspecified atom stereocenters. The molecular formula is C13H12BN2O. The van der Waals surface area contributed by atoms with Crippen molar-refractivity contribution in [3.63, 3.8) is 0 Å². The van der Waals surface area contributed by atoms with E-state index in [1.54, 1.807) is 0 Å². The Morgan fingerprint density at radius 3 is 2.65 bits per heavy atom. The molecule has 3 nitrogen and oxygen atoms in total. The fourth-order valence-electron chi connectivity index (χ4n) is 1.73. The molecule has 0 N–H and O–H groups in total. The maximum atomic E-state index is 8.79. The molecule has 83 valence electrons. The highest BCUT2D eigenvalue weighted by molar-refractivity contribution is 6.51. The van der Waals surface area contributed by atoms with Crippen LogP contribution in [0.15, 0.2) is 28.8 Å². The smallest absolute Gasteiger partial charge is 0.171 e. The van der Waals surface area contributed by atoms with Crippen LogP contribution in [0.3, 0.4) is 0 Å². The Morgan fingerprint density at radius 1 is 1.35 bits per heavy atom. The normalized spacial score (nSPS) is 9.94. The molecular weight excluding hydrogens is 211 g/mol. The van der Waals surface area contributed by atoms with Crippen LogP contribution in [0.25, 0.3) is 11.3 Å². The topological polar surface area (TPSA) is 49.8 Å². The highest BCUT2D eigenvalue weighted by atomic mass is 16.5. The summed E-state index contributed by atoms with van der Waals surface area (Å²) in [6.07, 6.45) is 0.326. The standard InChI is InChI=1S/C13H12BN2O/c1-9-12(7-8-15)13(17-16-9)10-3-5-11(14-2)6-4-10/h3-6H,7H2,1-2H3. The van der Waals surface area contributed by atoms with E-state index in [4.69, 9.17) is 9.78 Å². The molecule has 2 aromatic rings. The van der Waals surface area contributed by atoms with Gasteiger partial charge in [0, 0.05) is 11.1 Å². The minimum absolute atomic E-state index is 0.326. The fourth-order valence-corrected chi connectivity index (χ4v) is 1.73. The van der Waals surface area contributed by atoms with E-state index in [9.17, 15) is 0 Å². The van der Waals surface area contributed by atoms with Crippen LogP contribution >= 0.6 is 0 Å². The van der Waals surface area contributed by atoms with Crippen LogP contribution in [0, 0.1) is 18.3 Å². The lowest BCUT2D eigenvalue weighted by atomic mass is 9.73. The molecule has 0 spiro atoms. The van der Waals surface area contributed by atoms with Gasteiger partial charge in [-0.1, -0.05) is 41.7 Å². The molecule has 0 saturated heterocycles. The maximum Gasteiger partial charge on any atom is 0.171 e. The van der Waals surface area contributed by atoms with Crippen LogP contribution in [0.1, 0.15) is 11.3 Å². The van der Waals surface area contributed by atoms with Gasteiger partial charge in [-0.25, -0.2) is 0 Å². The second-order valence-corrected chi connectivity index (χ2v) is 3.82. The summed E-state index contributed by atoms with van der Waals surface area (Å²) in [5.41, 5.74) is 3.78. The molecule has 1 heterocycles. The molecule has 0 aliphatic heterocycles. The average Bonchev–Trinajstić information content (AvgIpc) is 2.72. The number of nitriles is 1. The van der Waals surface area contributed by atoms with Gasteiger partial charge in [0.1, 0.15) is 7.28 Å². The Morgan fingerprint density at radius 2 is 2.06 bits per heavy atom. The van der Waals surface area contributed by atoms with Crippen LogP contribution in [-0.4, -0.2) is 12.4 Å². The second-order valence-electron chi connectivity index (χ2n) is 3.82. The molecule has 0 saturated carbocycles. The van der Waals surface area contributed by atoms with Gasteiger partial charge in [0.25, 0.3) is 0 Å². The first kappa shape index (κ1) is 11.5. The lowest BCUT2D eigenvalue weighted by molar-refractivity contribution is 0.427. The molecule has 0 fully saturated rings. The van der Waals surface area contributed by atoms with E-state index in [0.717, 1.165) is 22.3 Å². The Balaban J connectivity index is 2.42. The molecule has 0 aliphatic carbocycles. The first-order chi connectivity index (χ1) is 8.26. The summed E-state index contributed by atoms with van der Waals surface area (Å²) in [6, 6.07) is 10.1. The van der Waals surface area contributed by atoms with E-state index in [0.29, 0.717) is 12.2 Å². The van der Waals surface area contributed by atoms with Gasteiger partial charge in [0.2, 0.25) is 0 Å². The van der Waals surface area contributed by atoms with Crippen LogP contribution in [0.5, 0.6) is 0 Å². The molecule has 0 bridgehead atoms. The van der Waals surface area contributed by atoms with Crippen LogP contribution < -0.4 is 5.46 Å². The quantitative estimate of drug-likeness (QED) is 0.748. The highest BCUT2D eigenvalue weighted by Gasteiger charge is 2.14. The van der Waals surface area contributed by atoms with E-state index >= 15 is 0 Å². The van der Waals surface area contributed by atoms with E-state index in [2.05, 4.69) is 11.2 Å². The predicted molar refractivity (Wildman–Crippen MR) is 67.2 cm³/mol. The Hall–Kier alpha value is -2.02. The van der Waals surface area contributed by atoms with Crippen molar-refractivity contribution in [2.24, 2.45) is 0 Å². The zero-order valence-corrected chi connectivity index (χ0v) is 9.90. The van der Waals surface area contributed by atoms with Gasteiger partial charge in [-0.15, -0.1) is 0 Å². The number of rotatable bonds is 3. The van der Waals surface area contributed by atoms with Gasteiger partial charge in [-0.3, -0.25) is 0 Å². The number of nitrogens with zero attached hydrogens (tertiary/aromatic N) is 2. The third kappa shape index (κ3) is 2.23. The number of aromatic nitrogens is 1. The Kier molecular flexibility index (Phi) is 3.29. The summed E-state index contributed by atoms with van der Waals surface area (Å²) >= 11 is 0. The maximum absolute atomic E-state index is 8.79. The van der Waals surface area contributed by atoms with E-state index in [-0.39, 0.29) is 0 Å². The monoisotopic (exact) mass is 223 g/mol. The van der Waals surface area contributed by atoms with Gasteiger partial charge >= 0.3 is 0 Å².